The van der Waals surface area contributed by atoms with E-state index in [1.165, 1.54) is 37.8 Å². The van der Waals surface area contributed by atoms with Gasteiger partial charge >= 0.3 is 0 Å². The van der Waals surface area contributed by atoms with Crippen LogP contribution in [0.5, 0.6) is 0 Å². The second kappa shape index (κ2) is 8.93. The van der Waals surface area contributed by atoms with Crippen LogP contribution in [0.1, 0.15) is 42.5 Å². The van der Waals surface area contributed by atoms with Gasteiger partial charge in [-0.05, 0) is 37.9 Å². The Labute approximate surface area is 125 Å². The lowest BCUT2D eigenvalue weighted by atomic mass is 10.2. The number of rotatable bonds is 6. The van der Waals surface area contributed by atoms with Gasteiger partial charge in [0.25, 0.3) is 5.91 Å². The molecule has 112 valence electrons. The molecule has 2 rings (SSSR count). The maximum absolute atomic E-state index is 13.3. The first-order valence-electron chi connectivity index (χ1n) is 7.03. The molecule has 2 N–H and O–H groups in total. The van der Waals surface area contributed by atoms with Gasteiger partial charge in [-0.1, -0.05) is 25.0 Å². The first-order chi connectivity index (χ1) is 9.27. The number of hydrogen-bond acceptors (Lipinski definition) is 2. The Morgan fingerprint density at radius 2 is 1.90 bits per heavy atom. The summed E-state index contributed by atoms with van der Waals surface area (Å²) in [5.74, 6) is -0.803. The monoisotopic (exact) mass is 300 g/mol. The van der Waals surface area contributed by atoms with Gasteiger partial charge < -0.3 is 10.6 Å². The molecule has 1 aromatic carbocycles. The predicted molar refractivity (Wildman–Crippen MR) is 80.9 cm³/mol. The summed E-state index contributed by atoms with van der Waals surface area (Å²) in [6.07, 6.45) is 6.04. The quantitative estimate of drug-likeness (QED) is 0.793. The number of benzene rings is 1. The van der Waals surface area contributed by atoms with Gasteiger partial charge in [-0.25, -0.2) is 4.39 Å². The van der Waals surface area contributed by atoms with Crippen LogP contribution in [0.3, 0.4) is 0 Å². The van der Waals surface area contributed by atoms with Crippen LogP contribution in [-0.4, -0.2) is 25.0 Å². The molecule has 1 aliphatic rings. The number of carbonyl (C=O) groups excluding carboxylic acids is 1. The van der Waals surface area contributed by atoms with E-state index in [1.54, 1.807) is 12.1 Å². The van der Waals surface area contributed by atoms with Crippen molar-refractivity contribution >= 4 is 18.3 Å². The van der Waals surface area contributed by atoms with Crippen LogP contribution < -0.4 is 10.6 Å². The van der Waals surface area contributed by atoms with Crippen LogP contribution >= 0.6 is 12.4 Å². The zero-order valence-corrected chi connectivity index (χ0v) is 12.3. The summed E-state index contributed by atoms with van der Waals surface area (Å²) in [6.45, 7) is 1.48. The molecule has 1 saturated carbocycles. The minimum Gasteiger partial charge on any atom is -0.352 e. The van der Waals surface area contributed by atoms with E-state index >= 15 is 0 Å². The van der Waals surface area contributed by atoms with Gasteiger partial charge in [0, 0.05) is 12.6 Å². The fraction of sp³-hybridized carbons (Fsp3) is 0.533. The van der Waals surface area contributed by atoms with Gasteiger partial charge in [0.1, 0.15) is 5.82 Å². The van der Waals surface area contributed by atoms with E-state index in [1.807, 2.05) is 0 Å². The fourth-order valence-electron chi connectivity index (χ4n) is 2.47. The number of hydrogen-bond donors (Lipinski definition) is 2. The van der Waals surface area contributed by atoms with Gasteiger partial charge in [-0.2, -0.15) is 0 Å². The smallest absolute Gasteiger partial charge is 0.254 e. The Bertz CT molecular complexity index is 422. The molecule has 20 heavy (non-hydrogen) atoms. The summed E-state index contributed by atoms with van der Waals surface area (Å²) >= 11 is 0. The highest BCUT2D eigenvalue weighted by Crippen LogP contribution is 2.17. The van der Waals surface area contributed by atoms with Crippen LogP contribution in [0.25, 0.3) is 0 Å². The maximum atomic E-state index is 13.3. The average molecular weight is 301 g/mol. The SMILES string of the molecule is Cl.O=C(NCCCNC1CCCC1)c1ccccc1F. The zero-order chi connectivity index (χ0) is 13.5. The number of amides is 1. The molecule has 3 nitrogen and oxygen atoms in total. The van der Waals surface area contributed by atoms with Crippen molar-refractivity contribution in [2.24, 2.45) is 0 Å². The van der Waals surface area contributed by atoms with Crippen molar-refractivity contribution in [1.29, 1.82) is 0 Å². The highest BCUT2D eigenvalue weighted by Gasteiger charge is 2.13. The molecule has 1 fully saturated rings. The van der Waals surface area contributed by atoms with E-state index in [9.17, 15) is 9.18 Å². The Morgan fingerprint density at radius 1 is 1.20 bits per heavy atom. The molecular formula is C15H22ClFN2O. The van der Waals surface area contributed by atoms with Gasteiger partial charge in [0.15, 0.2) is 0 Å². The van der Waals surface area contributed by atoms with Crippen LogP contribution in [0.15, 0.2) is 24.3 Å². The molecule has 0 aliphatic heterocycles. The second-order valence-electron chi connectivity index (χ2n) is 5.02. The van der Waals surface area contributed by atoms with Crippen molar-refractivity contribution in [2.45, 2.75) is 38.1 Å². The summed E-state index contributed by atoms with van der Waals surface area (Å²) in [5.41, 5.74) is 0.117. The Balaban J connectivity index is 0.00000200. The molecular weight excluding hydrogens is 279 g/mol. The maximum Gasteiger partial charge on any atom is 0.254 e. The molecule has 0 bridgehead atoms. The highest BCUT2D eigenvalue weighted by atomic mass is 35.5. The van der Waals surface area contributed by atoms with Crippen molar-refractivity contribution in [3.05, 3.63) is 35.6 Å². The Kier molecular flexibility index (Phi) is 7.55. The Morgan fingerprint density at radius 3 is 2.60 bits per heavy atom. The largest absolute Gasteiger partial charge is 0.352 e. The summed E-state index contributed by atoms with van der Waals surface area (Å²) < 4.78 is 13.3. The molecule has 0 unspecified atom stereocenters. The second-order valence-corrected chi connectivity index (χ2v) is 5.02. The van der Waals surface area contributed by atoms with E-state index < -0.39 is 5.82 Å². The summed E-state index contributed by atoms with van der Waals surface area (Å²) in [6, 6.07) is 6.71. The van der Waals surface area contributed by atoms with Crippen molar-refractivity contribution in [3.63, 3.8) is 0 Å². The molecule has 0 atom stereocenters. The van der Waals surface area contributed by atoms with Crippen LogP contribution in [-0.2, 0) is 0 Å². The van der Waals surface area contributed by atoms with E-state index in [0.717, 1.165) is 13.0 Å². The molecule has 0 saturated heterocycles. The molecule has 0 radical (unpaired) electrons. The summed E-state index contributed by atoms with van der Waals surface area (Å²) in [7, 11) is 0. The van der Waals surface area contributed by atoms with Crippen molar-refractivity contribution in [1.82, 2.24) is 10.6 Å². The first-order valence-corrected chi connectivity index (χ1v) is 7.03. The Hall–Kier alpha value is -1.13. The molecule has 1 aliphatic carbocycles. The third-order valence-corrected chi connectivity index (χ3v) is 3.55. The third-order valence-electron chi connectivity index (χ3n) is 3.55. The highest BCUT2D eigenvalue weighted by molar-refractivity contribution is 5.94. The molecule has 0 aromatic heterocycles. The van der Waals surface area contributed by atoms with Crippen molar-refractivity contribution < 1.29 is 9.18 Å². The van der Waals surface area contributed by atoms with E-state index in [-0.39, 0.29) is 23.9 Å². The first kappa shape index (κ1) is 16.9. The van der Waals surface area contributed by atoms with Gasteiger partial charge in [-0.15, -0.1) is 12.4 Å². The molecule has 0 heterocycles. The lowest BCUT2D eigenvalue weighted by Crippen LogP contribution is -2.31. The normalized spacial score (nSPS) is 14.8. The van der Waals surface area contributed by atoms with Gasteiger partial charge in [0.05, 0.1) is 5.56 Å². The standard InChI is InChI=1S/C15H21FN2O.ClH/c16-14-9-4-3-8-13(14)15(19)18-11-5-10-17-12-6-1-2-7-12;/h3-4,8-9,12,17H,1-2,5-7,10-11H2,(H,18,19);1H. The number of carbonyl (C=O) groups is 1. The molecule has 0 spiro atoms. The zero-order valence-electron chi connectivity index (χ0n) is 11.5. The van der Waals surface area contributed by atoms with E-state index in [2.05, 4.69) is 10.6 Å². The minimum absolute atomic E-state index is 0. The molecule has 1 amide bonds. The van der Waals surface area contributed by atoms with E-state index in [0.29, 0.717) is 12.6 Å². The number of nitrogens with one attached hydrogen (secondary N) is 2. The van der Waals surface area contributed by atoms with Crippen molar-refractivity contribution in [2.75, 3.05) is 13.1 Å². The predicted octanol–water partition coefficient (Wildman–Crippen LogP) is 2.90. The molecule has 5 heteroatoms. The lowest BCUT2D eigenvalue weighted by Gasteiger charge is -2.11. The van der Waals surface area contributed by atoms with E-state index in [4.69, 9.17) is 0 Å². The average Bonchev–Trinajstić information content (AvgIpc) is 2.92. The van der Waals surface area contributed by atoms with Crippen LogP contribution in [0.2, 0.25) is 0 Å². The van der Waals surface area contributed by atoms with Crippen LogP contribution in [0.4, 0.5) is 4.39 Å². The van der Waals surface area contributed by atoms with Crippen molar-refractivity contribution in [3.8, 4) is 0 Å². The van der Waals surface area contributed by atoms with Gasteiger partial charge in [-0.3, -0.25) is 4.79 Å². The fourth-order valence-corrected chi connectivity index (χ4v) is 2.47. The number of halogens is 2. The summed E-state index contributed by atoms with van der Waals surface area (Å²) in [4.78, 5) is 11.7. The minimum atomic E-state index is -0.468. The van der Waals surface area contributed by atoms with Gasteiger partial charge in [0.2, 0.25) is 0 Å². The topological polar surface area (TPSA) is 41.1 Å². The molecule has 1 aromatic rings. The summed E-state index contributed by atoms with van der Waals surface area (Å²) in [5, 5.41) is 6.23. The third kappa shape index (κ3) is 5.10. The van der Waals surface area contributed by atoms with Crippen LogP contribution in [0, 0.1) is 5.82 Å². The lowest BCUT2D eigenvalue weighted by molar-refractivity contribution is 0.0949.